The number of hydrogen-bond acceptors (Lipinski definition) is 2. The minimum Gasteiger partial charge on any atom is -0.361 e. The number of H-pyrrole nitrogens is 1. The van der Waals surface area contributed by atoms with Crippen LogP contribution in [-0.2, 0) is 0 Å². The highest BCUT2D eigenvalue weighted by Crippen LogP contribution is 2.13. The SMILES string of the molecule is Cl.NNc1cccc(Br)c1.c1ccc2[nH]ccc2c1. The number of fused-ring (bicyclic) bond motifs is 1. The molecule has 0 spiro atoms. The van der Waals surface area contributed by atoms with Crippen LogP contribution in [0.5, 0.6) is 0 Å². The zero-order valence-corrected chi connectivity index (χ0v) is 12.5. The molecule has 3 nitrogen and oxygen atoms in total. The monoisotopic (exact) mass is 339 g/mol. The molecule has 4 N–H and O–H groups in total. The van der Waals surface area contributed by atoms with Crippen LogP contribution in [0.2, 0.25) is 0 Å². The van der Waals surface area contributed by atoms with Crippen LogP contribution in [0.3, 0.4) is 0 Å². The van der Waals surface area contributed by atoms with Gasteiger partial charge in [-0.1, -0.05) is 40.2 Å². The molecule has 0 fully saturated rings. The van der Waals surface area contributed by atoms with Crippen molar-refractivity contribution in [3.63, 3.8) is 0 Å². The number of hydrogen-bond donors (Lipinski definition) is 3. The number of nitrogens with one attached hydrogen (secondary N) is 2. The van der Waals surface area contributed by atoms with E-state index in [4.69, 9.17) is 5.84 Å². The molecule has 3 rings (SSSR count). The quantitative estimate of drug-likeness (QED) is 0.456. The summed E-state index contributed by atoms with van der Waals surface area (Å²) in [7, 11) is 0. The maximum absolute atomic E-state index is 5.15. The molecule has 0 radical (unpaired) electrons. The molecule has 0 bridgehead atoms. The van der Waals surface area contributed by atoms with Crippen molar-refractivity contribution in [3.8, 4) is 0 Å². The van der Waals surface area contributed by atoms with E-state index >= 15 is 0 Å². The Labute approximate surface area is 126 Å². The lowest BCUT2D eigenvalue weighted by Gasteiger charge is -1.97. The first-order chi connectivity index (χ1) is 8.79. The standard InChI is InChI=1S/C8H7N.C6H7BrN2.ClH/c1-2-4-8-7(3-1)5-6-9-8;7-5-2-1-3-6(4-5)9-8;/h1-6,9H;1-4,9H,8H2;1H. The second kappa shape index (κ2) is 7.84. The molecule has 0 amide bonds. The van der Waals surface area contributed by atoms with E-state index < -0.39 is 0 Å². The number of anilines is 1. The van der Waals surface area contributed by atoms with E-state index in [0.29, 0.717) is 0 Å². The maximum Gasteiger partial charge on any atom is 0.0496 e. The fraction of sp³-hybridized carbons (Fsp3) is 0. The predicted molar refractivity (Wildman–Crippen MR) is 87.5 cm³/mol. The number of aromatic amines is 1. The highest BCUT2D eigenvalue weighted by molar-refractivity contribution is 9.10. The molecule has 0 aliphatic heterocycles. The molecule has 0 unspecified atom stereocenters. The van der Waals surface area contributed by atoms with Gasteiger partial charge in [0.15, 0.2) is 0 Å². The van der Waals surface area contributed by atoms with Crippen molar-refractivity contribution in [2.75, 3.05) is 5.43 Å². The van der Waals surface area contributed by atoms with Crippen molar-refractivity contribution in [3.05, 3.63) is 65.3 Å². The zero-order valence-electron chi connectivity index (χ0n) is 10.1. The number of nitrogens with two attached hydrogens (primary N) is 1. The Bertz CT molecular complexity index is 594. The van der Waals surface area contributed by atoms with E-state index in [1.54, 1.807) is 0 Å². The van der Waals surface area contributed by atoms with Crippen molar-refractivity contribution >= 4 is 44.9 Å². The third-order valence-electron chi connectivity index (χ3n) is 2.45. The molecule has 0 aliphatic carbocycles. The van der Waals surface area contributed by atoms with Gasteiger partial charge in [0, 0.05) is 21.9 Å². The average Bonchev–Trinajstić information content (AvgIpc) is 2.87. The van der Waals surface area contributed by atoms with Crippen LogP contribution < -0.4 is 11.3 Å². The normalized spacial score (nSPS) is 9.16. The Morgan fingerprint density at radius 1 is 1.00 bits per heavy atom. The van der Waals surface area contributed by atoms with E-state index in [0.717, 1.165) is 10.2 Å². The van der Waals surface area contributed by atoms with Gasteiger partial charge in [0.1, 0.15) is 0 Å². The molecule has 19 heavy (non-hydrogen) atoms. The first kappa shape index (κ1) is 15.6. The van der Waals surface area contributed by atoms with E-state index in [1.165, 1.54) is 10.9 Å². The second-order valence-electron chi connectivity index (χ2n) is 3.72. The molecule has 1 heterocycles. The van der Waals surface area contributed by atoms with E-state index in [-0.39, 0.29) is 12.4 Å². The lowest BCUT2D eigenvalue weighted by atomic mass is 10.3. The van der Waals surface area contributed by atoms with Gasteiger partial charge in [-0.3, -0.25) is 5.84 Å². The van der Waals surface area contributed by atoms with E-state index in [9.17, 15) is 0 Å². The highest BCUT2D eigenvalue weighted by Gasteiger charge is 1.87. The number of hydrazine groups is 1. The van der Waals surface area contributed by atoms with E-state index in [1.807, 2.05) is 42.6 Å². The number of para-hydroxylation sites is 1. The summed E-state index contributed by atoms with van der Waals surface area (Å²) in [4.78, 5) is 3.12. The Hall–Kier alpha value is -1.49. The smallest absolute Gasteiger partial charge is 0.0496 e. The molecule has 0 saturated heterocycles. The van der Waals surface area contributed by atoms with Crippen LogP contribution >= 0.6 is 28.3 Å². The summed E-state index contributed by atoms with van der Waals surface area (Å²) in [5, 5.41) is 1.28. The topological polar surface area (TPSA) is 53.8 Å². The van der Waals surface area contributed by atoms with Gasteiger partial charge in [-0.25, -0.2) is 0 Å². The Morgan fingerprint density at radius 3 is 2.42 bits per heavy atom. The van der Waals surface area contributed by atoms with Crippen LogP contribution in [0.1, 0.15) is 0 Å². The molecule has 0 saturated carbocycles. The molecule has 2 aromatic carbocycles. The zero-order chi connectivity index (χ0) is 12.8. The van der Waals surface area contributed by atoms with Crippen LogP contribution in [0.4, 0.5) is 5.69 Å². The van der Waals surface area contributed by atoms with Gasteiger partial charge in [0.25, 0.3) is 0 Å². The average molecular weight is 341 g/mol. The van der Waals surface area contributed by atoms with Crippen LogP contribution in [-0.4, -0.2) is 4.98 Å². The van der Waals surface area contributed by atoms with Crippen molar-refractivity contribution in [1.82, 2.24) is 4.98 Å². The minimum absolute atomic E-state index is 0. The van der Waals surface area contributed by atoms with Gasteiger partial charge in [-0.05, 0) is 35.7 Å². The first-order valence-electron chi connectivity index (χ1n) is 5.54. The number of benzene rings is 2. The molecular weight excluding hydrogens is 326 g/mol. The van der Waals surface area contributed by atoms with Crippen molar-refractivity contribution in [2.45, 2.75) is 0 Å². The maximum atomic E-state index is 5.15. The third kappa shape index (κ3) is 4.59. The number of aromatic nitrogens is 1. The number of halogens is 2. The molecule has 100 valence electrons. The summed E-state index contributed by atoms with van der Waals surface area (Å²) in [6.45, 7) is 0. The first-order valence-corrected chi connectivity index (χ1v) is 6.33. The van der Waals surface area contributed by atoms with Crippen LogP contribution in [0.15, 0.2) is 65.3 Å². The van der Waals surface area contributed by atoms with Crippen molar-refractivity contribution in [2.24, 2.45) is 5.84 Å². The number of rotatable bonds is 1. The lowest BCUT2D eigenvalue weighted by molar-refractivity contribution is 1.35. The second-order valence-corrected chi connectivity index (χ2v) is 4.64. The van der Waals surface area contributed by atoms with Crippen molar-refractivity contribution in [1.29, 1.82) is 0 Å². The summed E-state index contributed by atoms with van der Waals surface area (Å²) in [6.07, 6.45) is 1.95. The summed E-state index contributed by atoms with van der Waals surface area (Å²) < 4.78 is 1.03. The molecule has 0 atom stereocenters. The number of nitrogen functional groups attached to an aromatic ring is 1. The molecule has 3 aromatic rings. The Balaban J connectivity index is 0.000000180. The van der Waals surface area contributed by atoms with Crippen LogP contribution in [0, 0.1) is 0 Å². The van der Waals surface area contributed by atoms with Gasteiger partial charge >= 0.3 is 0 Å². The van der Waals surface area contributed by atoms with Gasteiger partial charge in [-0.15, -0.1) is 12.4 Å². The largest absolute Gasteiger partial charge is 0.361 e. The summed E-state index contributed by atoms with van der Waals surface area (Å²) >= 11 is 3.31. The predicted octanol–water partition coefficient (Wildman–Crippen LogP) is 4.32. The van der Waals surface area contributed by atoms with Gasteiger partial charge in [0.05, 0.1) is 0 Å². The molecule has 1 aromatic heterocycles. The summed E-state index contributed by atoms with van der Waals surface area (Å²) in [6, 6.07) is 17.9. The Morgan fingerprint density at radius 2 is 1.79 bits per heavy atom. The molecule has 0 aliphatic rings. The molecular formula is C14H15BrClN3. The van der Waals surface area contributed by atoms with E-state index in [2.05, 4.69) is 44.5 Å². The van der Waals surface area contributed by atoms with Gasteiger partial charge in [-0.2, -0.15) is 0 Å². The van der Waals surface area contributed by atoms with Gasteiger partial charge in [0.2, 0.25) is 0 Å². The summed E-state index contributed by atoms with van der Waals surface area (Å²) in [5.41, 5.74) is 4.65. The van der Waals surface area contributed by atoms with Crippen LogP contribution in [0.25, 0.3) is 10.9 Å². The fourth-order valence-corrected chi connectivity index (χ4v) is 1.97. The van der Waals surface area contributed by atoms with Crippen molar-refractivity contribution < 1.29 is 0 Å². The third-order valence-corrected chi connectivity index (χ3v) is 2.95. The highest BCUT2D eigenvalue weighted by atomic mass is 79.9. The lowest BCUT2D eigenvalue weighted by Crippen LogP contribution is -2.05. The minimum atomic E-state index is 0. The molecule has 5 heteroatoms. The Kier molecular flexibility index (Phi) is 6.42. The van der Waals surface area contributed by atoms with Gasteiger partial charge < -0.3 is 10.4 Å². The summed E-state index contributed by atoms with van der Waals surface area (Å²) in [5.74, 6) is 5.15. The fourth-order valence-electron chi connectivity index (χ4n) is 1.57.